The fourth-order valence-corrected chi connectivity index (χ4v) is 3.70. The van der Waals surface area contributed by atoms with Gasteiger partial charge in [-0.2, -0.15) is 0 Å². The molecule has 5 nitrogen and oxygen atoms in total. The van der Waals surface area contributed by atoms with Crippen molar-refractivity contribution in [2.24, 2.45) is 0 Å². The second kappa shape index (κ2) is 20.6. The molecule has 1 heterocycles. The second-order valence-corrected chi connectivity index (χ2v) is 8.32. The molecule has 0 saturated carbocycles. The highest BCUT2D eigenvalue weighted by atomic mass is 16.6. The van der Waals surface area contributed by atoms with Crippen LogP contribution in [-0.2, 0) is 19.0 Å². The number of ether oxygens (including phenoxy) is 3. The summed E-state index contributed by atoms with van der Waals surface area (Å²) in [4.78, 5) is 13.9. The zero-order chi connectivity index (χ0) is 20.8. The molecular weight excluding hydrogens is 366 g/mol. The normalized spacial score (nSPS) is 14.9. The van der Waals surface area contributed by atoms with Gasteiger partial charge in [0.2, 0.25) is 0 Å². The van der Waals surface area contributed by atoms with Gasteiger partial charge < -0.3 is 14.2 Å². The second-order valence-electron chi connectivity index (χ2n) is 8.32. The summed E-state index contributed by atoms with van der Waals surface area (Å²) in [5, 5.41) is 0. The molecule has 0 unspecified atom stereocenters. The molecule has 0 amide bonds. The number of rotatable bonds is 20. The van der Waals surface area contributed by atoms with Crippen LogP contribution in [0.25, 0.3) is 0 Å². The SMILES string of the molecule is CCCCCCCCCCCCCCCCOC(=O)COCCN1CCOCC1. The lowest BCUT2D eigenvalue weighted by molar-refractivity contribution is -0.149. The average molecular weight is 414 g/mol. The van der Waals surface area contributed by atoms with E-state index in [1.54, 1.807) is 0 Å². The van der Waals surface area contributed by atoms with Crippen molar-refractivity contribution in [3.05, 3.63) is 0 Å². The molecule has 0 bridgehead atoms. The molecule has 172 valence electrons. The highest BCUT2D eigenvalue weighted by Crippen LogP contribution is 2.12. The maximum atomic E-state index is 11.6. The fourth-order valence-electron chi connectivity index (χ4n) is 3.70. The highest BCUT2D eigenvalue weighted by Gasteiger charge is 2.10. The molecular formula is C24H47NO4. The summed E-state index contributed by atoms with van der Waals surface area (Å²) in [7, 11) is 0. The molecule has 0 aliphatic carbocycles. The van der Waals surface area contributed by atoms with Gasteiger partial charge in [-0.15, -0.1) is 0 Å². The molecule has 1 aliphatic rings. The van der Waals surface area contributed by atoms with Crippen LogP contribution in [0, 0.1) is 0 Å². The first kappa shape index (κ1) is 26.4. The first-order valence-electron chi connectivity index (χ1n) is 12.4. The first-order chi connectivity index (χ1) is 14.3. The number of nitrogens with zero attached hydrogens (tertiary/aromatic N) is 1. The van der Waals surface area contributed by atoms with E-state index in [0.717, 1.165) is 45.7 Å². The standard InChI is InChI=1S/C24H47NO4/c1-2-3-4-5-6-7-8-9-10-11-12-13-14-15-19-29-24(26)23-28-22-18-25-16-20-27-21-17-25/h2-23H2,1H3. The number of esters is 1. The molecule has 0 aromatic heterocycles. The summed E-state index contributed by atoms with van der Waals surface area (Å²) in [6, 6.07) is 0. The van der Waals surface area contributed by atoms with Gasteiger partial charge in [0.25, 0.3) is 0 Å². The molecule has 0 aromatic rings. The van der Waals surface area contributed by atoms with Crippen LogP contribution in [0.1, 0.15) is 96.8 Å². The first-order valence-corrected chi connectivity index (χ1v) is 12.4. The Kier molecular flexibility index (Phi) is 18.8. The maximum absolute atomic E-state index is 11.6. The molecule has 1 aliphatic heterocycles. The molecule has 1 rings (SSSR count). The third-order valence-corrected chi connectivity index (χ3v) is 5.64. The summed E-state index contributed by atoms with van der Waals surface area (Å²) in [5.74, 6) is -0.235. The van der Waals surface area contributed by atoms with E-state index in [0.29, 0.717) is 13.2 Å². The number of carbonyl (C=O) groups is 1. The van der Waals surface area contributed by atoms with Crippen molar-refractivity contribution in [1.82, 2.24) is 4.90 Å². The number of hydrogen-bond acceptors (Lipinski definition) is 5. The van der Waals surface area contributed by atoms with E-state index in [-0.39, 0.29) is 12.6 Å². The minimum absolute atomic E-state index is 0.0724. The molecule has 5 heteroatoms. The quantitative estimate of drug-likeness (QED) is 0.199. The van der Waals surface area contributed by atoms with Gasteiger partial charge in [-0.25, -0.2) is 4.79 Å². The van der Waals surface area contributed by atoms with Gasteiger partial charge in [0.15, 0.2) is 0 Å². The Bertz CT molecular complexity index is 359. The molecule has 0 N–H and O–H groups in total. The lowest BCUT2D eigenvalue weighted by Gasteiger charge is -2.26. The van der Waals surface area contributed by atoms with E-state index in [1.807, 2.05) is 0 Å². The van der Waals surface area contributed by atoms with Gasteiger partial charge in [0.05, 0.1) is 26.4 Å². The van der Waals surface area contributed by atoms with E-state index in [4.69, 9.17) is 14.2 Å². The van der Waals surface area contributed by atoms with E-state index in [2.05, 4.69) is 11.8 Å². The molecule has 0 spiro atoms. The predicted molar refractivity (Wildman–Crippen MR) is 119 cm³/mol. The smallest absolute Gasteiger partial charge is 0.332 e. The molecule has 0 atom stereocenters. The number of morpholine rings is 1. The summed E-state index contributed by atoms with van der Waals surface area (Å²) in [6.45, 7) is 7.80. The topological polar surface area (TPSA) is 48.0 Å². The Morgan fingerprint density at radius 2 is 1.28 bits per heavy atom. The van der Waals surface area contributed by atoms with Crippen LogP contribution >= 0.6 is 0 Å². The average Bonchev–Trinajstić information content (AvgIpc) is 2.75. The van der Waals surface area contributed by atoms with Crippen LogP contribution in [-0.4, -0.2) is 63.5 Å². The van der Waals surface area contributed by atoms with Crippen molar-refractivity contribution in [3.8, 4) is 0 Å². The third-order valence-electron chi connectivity index (χ3n) is 5.64. The summed E-state index contributed by atoms with van der Waals surface area (Å²) in [6.07, 6.45) is 18.7. The van der Waals surface area contributed by atoms with Crippen LogP contribution in [0.15, 0.2) is 0 Å². The lowest BCUT2D eigenvalue weighted by atomic mass is 10.0. The molecule has 1 saturated heterocycles. The monoisotopic (exact) mass is 413 g/mol. The zero-order valence-corrected chi connectivity index (χ0v) is 19.1. The van der Waals surface area contributed by atoms with Crippen LogP contribution in [0.5, 0.6) is 0 Å². The van der Waals surface area contributed by atoms with Crippen molar-refractivity contribution < 1.29 is 19.0 Å². The number of carbonyl (C=O) groups excluding carboxylic acids is 1. The predicted octanol–water partition coefficient (Wildman–Crippen LogP) is 5.36. The van der Waals surface area contributed by atoms with Crippen molar-refractivity contribution in [2.45, 2.75) is 96.8 Å². The zero-order valence-electron chi connectivity index (χ0n) is 19.1. The molecule has 0 aromatic carbocycles. The Balaban J connectivity index is 1.72. The van der Waals surface area contributed by atoms with Crippen molar-refractivity contribution >= 4 is 5.97 Å². The van der Waals surface area contributed by atoms with Crippen molar-refractivity contribution in [1.29, 1.82) is 0 Å². The van der Waals surface area contributed by atoms with Gasteiger partial charge >= 0.3 is 5.97 Å². The van der Waals surface area contributed by atoms with Crippen molar-refractivity contribution in [2.75, 3.05) is 52.7 Å². The van der Waals surface area contributed by atoms with Crippen LogP contribution in [0.3, 0.4) is 0 Å². The van der Waals surface area contributed by atoms with Gasteiger partial charge in [0.1, 0.15) is 6.61 Å². The fraction of sp³-hybridized carbons (Fsp3) is 0.958. The minimum atomic E-state index is -0.235. The van der Waals surface area contributed by atoms with E-state index < -0.39 is 0 Å². The molecule has 29 heavy (non-hydrogen) atoms. The lowest BCUT2D eigenvalue weighted by Crippen LogP contribution is -2.38. The largest absolute Gasteiger partial charge is 0.464 e. The Hall–Kier alpha value is -0.650. The van der Waals surface area contributed by atoms with Crippen LogP contribution in [0.2, 0.25) is 0 Å². The Labute approximate surface area is 179 Å². The van der Waals surface area contributed by atoms with Crippen LogP contribution < -0.4 is 0 Å². The van der Waals surface area contributed by atoms with Gasteiger partial charge in [0, 0.05) is 19.6 Å². The summed E-state index contributed by atoms with van der Waals surface area (Å²) in [5.41, 5.74) is 0. The highest BCUT2D eigenvalue weighted by molar-refractivity contribution is 5.70. The summed E-state index contributed by atoms with van der Waals surface area (Å²) >= 11 is 0. The van der Waals surface area contributed by atoms with E-state index >= 15 is 0 Å². The maximum Gasteiger partial charge on any atom is 0.332 e. The van der Waals surface area contributed by atoms with E-state index in [1.165, 1.54) is 77.0 Å². The van der Waals surface area contributed by atoms with Crippen LogP contribution in [0.4, 0.5) is 0 Å². The Morgan fingerprint density at radius 1 is 0.759 bits per heavy atom. The summed E-state index contributed by atoms with van der Waals surface area (Å²) < 4.78 is 16.0. The Morgan fingerprint density at radius 3 is 1.83 bits per heavy atom. The third kappa shape index (κ3) is 17.9. The van der Waals surface area contributed by atoms with Crippen molar-refractivity contribution in [3.63, 3.8) is 0 Å². The number of hydrogen-bond donors (Lipinski definition) is 0. The van der Waals surface area contributed by atoms with E-state index in [9.17, 15) is 4.79 Å². The molecule has 0 radical (unpaired) electrons. The number of unbranched alkanes of at least 4 members (excludes halogenated alkanes) is 13. The molecule has 1 fully saturated rings. The van der Waals surface area contributed by atoms with Gasteiger partial charge in [-0.3, -0.25) is 4.90 Å². The minimum Gasteiger partial charge on any atom is -0.464 e. The van der Waals surface area contributed by atoms with Gasteiger partial charge in [-0.05, 0) is 6.42 Å². The van der Waals surface area contributed by atoms with Gasteiger partial charge in [-0.1, -0.05) is 90.4 Å².